The largest absolute Gasteiger partial charge is 0.361 e. The van der Waals surface area contributed by atoms with Gasteiger partial charge in [0.25, 0.3) is 5.91 Å². The van der Waals surface area contributed by atoms with Crippen molar-refractivity contribution >= 4 is 17.5 Å². The smallest absolute Gasteiger partial charge is 0.251 e. The highest BCUT2D eigenvalue weighted by Gasteiger charge is 2.09. The van der Waals surface area contributed by atoms with Crippen LogP contribution in [0.3, 0.4) is 0 Å². The number of aryl methyl sites for hydroxylation is 2. The van der Waals surface area contributed by atoms with Gasteiger partial charge in [-0.1, -0.05) is 16.8 Å². The van der Waals surface area contributed by atoms with Gasteiger partial charge in [0.05, 0.1) is 6.54 Å². The van der Waals surface area contributed by atoms with Crippen LogP contribution in [0.15, 0.2) is 22.7 Å². The predicted molar refractivity (Wildman–Crippen MR) is 66.4 cm³/mol. The fourth-order valence-electron chi connectivity index (χ4n) is 1.53. The Morgan fingerprint density at radius 1 is 1.39 bits per heavy atom. The topological polar surface area (TPSA) is 68.0 Å². The molecule has 0 saturated carbocycles. The summed E-state index contributed by atoms with van der Waals surface area (Å²) in [5.74, 6) is 0.491. The van der Waals surface area contributed by atoms with Gasteiger partial charge < -0.3 is 9.84 Å². The number of carbonyl (C=O) groups excluding carboxylic acids is 1. The van der Waals surface area contributed by atoms with Crippen LogP contribution in [-0.4, -0.2) is 16.0 Å². The Bertz CT molecular complexity index is 560. The second-order valence-corrected chi connectivity index (χ2v) is 4.32. The van der Waals surface area contributed by atoms with Crippen LogP contribution in [0, 0.1) is 13.8 Å². The molecule has 2 rings (SSSR count). The van der Waals surface area contributed by atoms with Crippen molar-refractivity contribution in [1.82, 2.24) is 15.5 Å². The molecule has 0 saturated heterocycles. The quantitative estimate of drug-likeness (QED) is 0.865. The summed E-state index contributed by atoms with van der Waals surface area (Å²) in [4.78, 5) is 15.9. The van der Waals surface area contributed by atoms with E-state index in [2.05, 4.69) is 15.5 Å². The third-order valence-electron chi connectivity index (χ3n) is 2.29. The summed E-state index contributed by atoms with van der Waals surface area (Å²) in [5, 5.41) is 6.83. The van der Waals surface area contributed by atoms with E-state index in [-0.39, 0.29) is 5.91 Å². The summed E-state index contributed by atoms with van der Waals surface area (Å²) in [6, 6.07) is 4.97. The number of hydrogen-bond donors (Lipinski definition) is 1. The number of hydrogen-bond acceptors (Lipinski definition) is 4. The maximum atomic E-state index is 11.9. The van der Waals surface area contributed by atoms with Crippen molar-refractivity contribution in [2.24, 2.45) is 0 Å². The van der Waals surface area contributed by atoms with Crippen molar-refractivity contribution < 1.29 is 9.32 Å². The summed E-state index contributed by atoms with van der Waals surface area (Å²) in [6.07, 6.45) is 0. The first-order valence-electron chi connectivity index (χ1n) is 5.39. The minimum absolute atomic E-state index is 0.219. The van der Waals surface area contributed by atoms with Gasteiger partial charge in [-0.3, -0.25) is 4.79 Å². The summed E-state index contributed by atoms with van der Waals surface area (Å²) < 4.78 is 4.91. The predicted octanol–water partition coefficient (Wildman–Crippen LogP) is 2.27. The molecule has 0 fully saturated rings. The van der Waals surface area contributed by atoms with Crippen molar-refractivity contribution in [2.45, 2.75) is 20.4 Å². The molecule has 0 aromatic carbocycles. The van der Waals surface area contributed by atoms with Crippen LogP contribution in [-0.2, 0) is 6.54 Å². The van der Waals surface area contributed by atoms with Crippen molar-refractivity contribution in [2.75, 3.05) is 0 Å². The average Bonchev–Trinajstić information content (AvgIpc) is 2.70. The molecule has 2 heterocycles. The van der Waals surface area contributed by atoms with E-state index in [9.17, 15) is 4.79 Å². The summed E-state index contributed by atoms with van der Waals surface area (Å²) in [5.41, 5.74) is 1.86. The second kappa shape index (κ2) is 5.18. The lowest BCUT2D eigenvalue weighted by Gasteiger charge is -2.04. The zero-order valence-electron chi connectivity index (χ0n) is 10.0. The lowest BCUT2D eigenvalue weighted by atomic mass is 10.2. The monoisotopic (exact) mass is 265 g/mol. The first-order valence-corrected chi connectivity index (χ1v) is 5.77. The van der Waals surface area contributed by atoms with Crippen LogP contribution in [0.5, 0.6) is 0 Å². The Balaban J connectivity index is 2.03. The van der Waals surface area contributed by atoms with Crippen molar-refractivity contribution in [3.8, 4) is 0 Å². The zero-order chi connectivity index (χ0) is 13.1. The third kappa shape index (κ3) is 3.07. The molecule has 94 valence electrons. The Morgan fingerprint density at radius 2 is 2.17 bits per heavy atom. The van der Waals surface area contributed by atoms with E-state index in [0.717, 1.165) is 0 Å². The Hall–Kier alpha value is -1.88. The van der Waals surface area contributed by atoms with Crippen LogP contribution in [0.4, 0.5) is 0 Å². The van der Waals surface area contributed by atoms with Crippen molar-refractivity contribution in [1.29, 1.82) is 0 Å². The van der Waals surface area contributed by atoms with Crippen molar-refractivity contribution in [3.63, 3.8) is 0 Å². The lowest BCUT2D eigenvalue weighted by molar-refractivity contribution is 0.0950. The van der Waals surface area contributed by atoms with Crippen LogP contribution >= 0.6 is 11.6 Å². The molecule has 5 nitrogen and oxygen atoms in total. The lowest BCUT2D eigenvalue weighted by Crippen LogP contribution is -2.23. The number of halogens is 1. The number of nitrogens with one attached hydrogen (secondary N) is 1. The van der Waals surface area contributed by atoms with Gasteiger partial charge in [0.2, 0.25) is 0 Å². The summed E-state index contributed by atoms with van der Waals surface area (Å²) in [7, 11) is 0. The molecule has 0 atom stereocenters. The average molecular weight is 266 g/mol. The number of aromatic nitrogens is 2. The van der Waals surface area contributed by atoms with Gasteiger partial charge in [-0.2, -0.15) is 0 Å². The summed E-state index contributed by atoms with van der Waals surface area (Å²) >= 11 is 5.80. The van der Waals surface area contributed by atoms with E-state index < -0.39 is 0 Å². The molecule has 0 unspecified atom stereocenters. The maximum Gasteiger partial charge on any atom is 0.251 e. The maximum absolute atomic E-state index is 11.9. The summed E-state index contributed by atoms with van der Waals surface area (Å²) in [6.45, 7) is 3.89. The molecular formula is C12H12ClN3O2. The van der Waals surface area contributed by atoms with Crippen LogP contribution in [0.2, 0.25) is 5.15 Å². The Morgan fingerprint density at radius 3 is 2.78 bits per heavy atom. The molecule has 18 heavy (non-hydrogen) atoms. The minimum atomic E-state index is -0.219. The third-order valence-corrected chi connectivity index (χ3v) is 2.48. The highest BCUT2D eigenvalue weighted by molar-refractivity contribution is 6.29. The molecule has 0 aliphatic heterocycles. The van der Waals surface area contributed by atoms with Crippen molar-refractivity contribution in [3.05, 3.63) is 46.1 Å². The molecule has 0 bridgehead atoms. The van der Waals surface area contributed by atoms with E-state index in [1.165, 1.54) is 6.07 Å². The van der Waals surface area contributed by atoms with Gasteiger partial charge in [0, 0.05) is 17.3 Å². The van der Waals surface area contributed by atoms with Gasteiger partial charge in [-0.15, -0.1) is 0 Å². The van der Waals surface area contributed by atoms with Crippen LogP contribution in [0.1, 0.15) is 27.5 Å². The normalized spacial score (nSPS) is 10.4. The molecule has 0 aliphatic carbocycles. The zero-order valence-corrected chi connectivity index (χ0v) is 10.8. The molecule has 2 aromatic heterocycles. The van der Waals surface area contributed by atoms with Gasteiger partial charge in [0.1, 0.15) is 16.6 Å². The molecule has 0 radical (unpaired) electrons. The van der Waals surface area contributed by atoms with E-state index in [1.807, 2.05) is 0 Å². The number of rotatable bonds is 3. The Kier molecular flexibility index (Phi) is 3.62. The van der Waals surface area contributed by atoms with Crippen LogP contribution < -0.4 is 5.32 Å². The fourth-order valence-corrected chi connectivity index (χ4v) is 1.78. The molecular weight excluding hydrogens is 254 g/mol. The number of carbonyl (C=O) groups is 1. The first-order chi connectivity index (χ1) is 8.54. The van der Waals surface area contributed by atoms with Gasteiger partial charge in [0.15, 0.2) is 0 Å². The van der Waals surface area contributed by atoms with Crippen LogP contribution in [0.25, 0.3) is 0 Å². The molecule has 1 amide bonds. The first kappa shape index (κ1) is 12.6. The number of pyridine rings is 1. The van der Waals surface area contributed by atoms with E-state index in [1.54, 1.807) is 26.0 Å². The Labute approximate surface area is 109 Å². The van der Waals surface area contributed by atoms with E-state index >= 15 is 0 Å². The second-order valence-electron chi connectivity index (χ2n) is 3.93. The SMILES string of the molecule is Cc1cc(C(=O)NCc2cc(C)on2)cc(Cl)n1. The highest BCUT2D eigenvalue weighted by atomic mass is 35.5. The molecule has 0 spiro atoms. The minimum Gasteiger partial charge on any atom is -0.361 e. The van der Waals surface area contributed by atoms with Gasteiger partial charge in [-0.05, 0) is 26.0 Å². The molecule has 2 aromatic rings. The molecule has 0 aliphatic rings. The standard InChI is InChI=1S/C12H12ClN3O2/c1-7-3-9(5-11(13)15-7)12(17)14-6-10-4-8(2)18-16-10/h3-5H,6H2,1-2H3,(H,14,17). The number of amides is 1. The number of nitrogens with zero attached hydrogens (tertiary/aromatic N) is 2. The van der Waals surface area contributed by atoms with E-state index in [4.69, 9.17) is 16.1 Å². The van der Waals surface area contributed by atoms with Gasteiger partial charge in [-0.25, -0.2) is 4.98 Å². The fraction of sp³-hybridized carbons (Fsp3) is 0.250. The molecule has 1 N–H and O–H groups in total. The highest BCUT2D eigenvalue weighted by Crippen LogP contribution is 2.10. The van der Waals surface area contributed by atoms with E-state index in [0.29, 0.717) is 34.4 Å². The van der Waals surface area contributed by atoms with Gasteiger partial charge >= 0.3 is 0 Å². The molecule has 6 heteroatoms.